The number of hydrogen-bond acceptors (Lipinski definition) is 5. The van der Waals surface area contributed by atoms with E-state index in [-0.39, 0.29) is 31.3 Å². The maximum Gasteiger partial charge on any atom is 0.306 e. The van der Waals surface area contributed by atoms with E-state index in [1.165, 1.54) is 83.5 Å². The lowest BCUT2D eigenvalue weighted by Crippen LogP contribution is -2.46. The second-order valence-electron chi connectivity index (χ2n) is 17.5. The Morgan fingerprint density at radius 3 is 1.30 bits per heavy atom. The Bertz CT molecular complexity index is 1210. The van der Waals surface area contributed by atoms with Crippen molar-refractivity contribution < 1.29 is 24.5 Å². The molecule has 3 unspecified atom stereocenters. The molecule has 362 valence electrons. The molecule has 0 aromatic heterocycles. The third-order valence-corrected chi connectivity index (χ3v) is 11.5. The Morgan fingerprint density at radius 2 is 0.857 bits per heavy atom. The Labute approximate surface area is 389 Å². The fraction of sp³-hybridized carbons (Fsp3) is 0.719. The highest BCUT2D eigenvalue weighted by atomic mass is 16.5. The van der Waals surface area contributed by atoms with Crippen molar-refractivity contribution in [2.24, 2.45) is 0 Å². The van der Waals surface area contributed by atoms with E-state index in [1.807, 2.05) is 6.08 Å². The van der Waals surface area contributed by atoms with Crippen molar-refractivity contribution in [3.05, 3.63) is 85.1 Å². The van der Waals surface area contributed by atoms with Crippen LogP contribution in [0.15, 0.2) is 85.1 Å². The monoisotopic (exact) mass is 878 g/mol. The van der Waals surface area contributed by atoms with Gasteiger partial charge in [-0.05, 0) is 83.5 Å². The number of hydrogen-bond donors (Lipinski definition) is 3. The van der Waals surface area contributed by atoms with Crippen molar-refractivity contribution in [1.29, 1.82) is 0 Å². The van der Waals surface area contributed by atoms with Crippen LogP contribution in [-0.4, -0.2) is 46.9 Å². The number of rotatable bonds is 46. The molecule has 0 aliphatic rings. The molecule has 0 saturated heterocycles. The molecule has 0 rings (SSSR count). The number of esters is 1. The molecule has 3 atom stereocenters. The minimum absolute atomic E-state index is 0.0347. The van der Waals surface area contributed by atoms with Gasteiger partial charge in [0.15, 0.2) is 0 Å². The van der Waals surface area contributed by atoms with Gasteiger partial charge in [-0.1, -0.05) is 228 Å². The predicted molar refractivity (Wildman–Crippen MR) is 273 cm³/mol. The molecule has 0 saturated carbocycles. The summed E-state index contributed by atoms with van der Waals surface area (Å²) in [5.41, 5.74) is 0. The Balaban J connectivity index is 4.64. The van der Waals surface area contributed by atoms with E-state index >= 15 is 0 Å². The van der Waals surface area contributed by atoms with E-state index in [2.05, 4.69) is 105 Å². The number of aliphatic hydroxyl groups is 2. The molecule has 0 bridgehead atoms. The lowest BCUT2D eigenvalue weighted by atomic mass is 10.0. The van der Waals surface area contributed by atoms with Gasteiger partial charge in [0.2, 0.25) is 5.91 Å². The fourth-order valence-electron chi connectivity index (χ4n) is 7.58. The van der Waals surface area contributed by atoms with E-state index < -0.39 is 18.2 Å². The van der Waals surface area contributed by atoms with Gasteiger partial charge in [-0.2, -0.15) is 0 Å². The number of amides is 1. The lowest BCUT2D eigenvalue weighted by Gasteiger charge is -2.24. The van der Waals surface area contributed by atoms with E-state index in [4.69, 9.17) is 4.74 Å². The van der Waals surface area contributed by atoms with Crippen LogP contribution in [0.4, 0.5) is 0 Å². The lowest BCUT2D eigenvalue weighted by molar-refractivity contribution is -0.150. The van der Waals surface area contributed by atoms with Crippen molar-refractivity contribution in [2.75, 3.05) is 6.61 Å². The van der Waals surface area contributed by atoms with Crippen LogP contribution in [0.3, 0.4) is 0 Å². The molecular weight excluding hydrogens is 779 g/mol. The molecule has 0 aromatic carbocycles. The van der Waals surface area contributed by atoms with Crippen LogP contribution < -0.4 is 5.32 Å². The van der Waals surface area contributed by atoms with Crippen molar-refractivity contribution in [3.8, 4) is 0 Å². The average molecular weight is 878 g/mol. The van der Waals surface area contributed by atoms with Crippen LogP contribution in [0, 0.1) is 0 Å². The predicted octanol–water partition coefficient (Wildman–Crippen LogP) is 16.0. The molecule has 1 amide bonds. The van der Waals surface area contributed by atoms with Gasteiger partial charge < -0.3 is 20.3 Å². The van der Waals surface area contributed by atoms with Gasteiger partial charge in [0.25, 0.3) is 0 Å². The van der Waals surface area contributed by atoms with Gasteiger partial charge >= 0.3 is 5.97 Å². The quantitative estimate of drug-likeness (QED) is 0.0322. The maximum absolute atomic E-state index is 13.2. The van der Waals surface area contributed by atoms with Crippen molar-refractivity contribution >= 4 is 11.9 Å². The zero-order valence-electron chi connectivity index (χ0n) is 41.2. The zero-order chi connectivity index (χ0) is 45.9. The first-order valence-corrected chi connectivity index (χ1v) is 26.3. The molecule has 63 heavy (non-hydrogen) atoms. The highest BCUT2D eigenvalue weighted by Gasteiger charge is 2.24. The van der Waals surface area contributed by atoms with Gasteiger partial charge in [-0.15, -0.1) is 0 Å². The SMILES string of the molecule is CC/C=C/C/C=C/C/C=C/C/C=C/C/C=C/CCC(=O)OC(CCCCCCC/C=C/C/C=C/CC)CC(=O)NC(CO)C(O)CCCCCCCCCCCCCCCCCC. The molecule has 3 N–H and O–H groups in total. The van der Waals surface area contributed by atoms with Crippen molar-refractivity contribution in [1.82, 2.24) is 5.32 Å². The number of ether oxygens (including phenoxy) is 1. The summed E-state index contributed by atoms with van der Waals surface area (Å²) in [6, 6.07) is -0.725. The van der Waals surface area contributed by atoms with Crippen LogP contribution in [0.1, 0.15) is 239 Å². The van der Waals surface area contributed by atoms with Gasteiger partial charge in [0, 0.05) is 6.42 Å². The minimum atomic E-state index is -0.808. The topological polar surface area (TPSA) is 95.9 Å². The number of unbranched alkanes of at least 4 members (excludes halogenated alkanes) is 20. The van der Waals surface area contributed by atoms with Gasteiger partial charge in [0.05, 0.1) is 25.2 Å². The molecule has 6 heteroatoms. The second-order valence-corrected chi connectivity index (χ2v) is 17.5. The normalized spacial score (nSPS) is 13.9. The van der Waals surface area contributed by atoms with E-state index in [1.54, 1.807) is 0 Å². The Morgan fingerprint density at radius 1 is 0.476 bits per heavy atom. The molecule has 0 aliphatic carbocycles. The molecule has 0 aliphatic heterocycles. The largest absolute Gasteiger partial charge is 0.462 e. The van der Waals surface area contributed by atoms with E-state index in [0.717, 1.165) is 103 Å². The van der Waals surface area contributed by atoms with Crippen molar-refractivity contribution in [2.45, 2.75) is 257 Å². The summed E-state index contributed by atoms with van der Waals surface area (Å²) in [6.07, 6.45) is 65.1. The summed E-state index contributed by atoms with van der Waals surface area (Å²) in [7, 11) is 0. The number of carbonyl (C=O) groups excluding carboxylic acids is 2. The van der Waals surface area contributed by atoms with Crippen LogP contribution in [0.5, 0.6) is 0 Å². The zero-order valence-corrected chi connectivity index (χ0v) is 41.2. The summed E-state index contributed by atoms with van der Waals surface area (Å²) < 4.78 is 5.88. The average Bonchev–Trinajstić information content (AvgIpc) is 3.28. The number of allylic oxidation sites excluding steroid dienone is 14. The first-order chi connectivity index (χ1) is 31.0. The molecule has 0 radical (unpaired) electrons. The van der Waals surface area contributed by atoms with E-state index in [9.17, 15) is 19.8 Å². The Kier molecular flexibility index (Phi) is 47.7. The highest BCUT2D eigenvalue weighted by molar-refractivity contribution is 5.77. The van der Waals surface area contributed by atoms with E-state index in [0.29, 0.717) is 19.3 Å². The molecule has 0 fully saturated rings. The summed E-state index contributed by atoms with van der Waals surface area (Å²) in [5.74, 6) is -0.590. The highest BCUT2D eigenvalue weighted by Crippen LogP contribution is 2.17. The Hall–Kier alpha value is -2.96. The molecule has 6 nitrogen and oxygen atoms in total. The number of aliphatic hydroxyl groups excluding tert-OH is 2. The number of carbonyl (C=O) groups is 2. The van der Waals surface area contributed by atoms with Crippen LogP contribution in [0.25, 0.3) is 0 Å². The third kappa shape index (κ3) is 45.4. The summed E-state index contributed by atoms with van der Waals surface area (Å²) in [5, 5.41) is 23.8. The smallest absolute Gasteiger partial charge is 0.306 e. The minimum Gasteiger partial charge on any atom is -0.462 e. The van der Waals surface area contributed by atoms with Gasteiger partial charge in [-0.3, -0.25) is 9.59 Å². The maximum atomic E-state index is 13.2. The molecular formula is C57H99NO5. The first kappa shape index (κ1) is 60.0. The van der Waals surface area contributed by atoms with Crippen LogP contribution >= 0.6 is 0 Å². The second kappa shape index (κ2) is 50.0. The summed E-state index contributed by atoms with van der Waals surface area (Å²) in [6.45, 7) is 6.25. The van der Waals surface area contributed by atoms with Crippen LogP contribution in [0.2, 0.25) is 0 Å². The summed E-state index contributed by atoms with van der Waals surface area (Å²) >= 11 is 0. The van der Waals surface area contributed by atoms with Gasteiger partial charge in [0.1, 0.15) is 6.10 Å². The molecule has 0 aromatic rings. The summed E-state index contributed by atoms with van der Waals surface area (Å²) in [4.78, 5) is 26.1. The van der Waals surface area contributed by atoms with Gasteiger partial charge in [-0.25, -0.2) is 0 Å². The fourth-order valence-corrected chi connectivity index (χ4v) is 7.58. The van der Waals surface area contributed by atoms with Crippen LogP contribution in [-0.2, 0) is 14.3 Å². The number of nitrogens with one attached hydrogen (secondary N) is 1. The molecule has 0 spiro atoms. The standard InChI is InChI=1S/C57H99NO5/c1-4-7-10-13-16-19-22-25-27-29-31-34-37-40-43-46-49-55(60)54(52-59)58-56(61)51-53(48-45-42-39-36-33-24-21-18-15-12-9-6-3)63-57(62)50-47-44-41-38-35-32-30-28-26-23-20-17-14-11-8-5-2/h8-9,11-12,17-18,20-21,26,28,32,35,41,44,53-55,59-60H,4-7,10,13-16,19,22-25,27,29-31,33-34,36-40,42-43,45-52H2,1-3H3,(H,58,61)/b11-8+,12-9+,20-17+,21-18+,28-26+,35-32+,44-41+. The third-order valence-electron chi connectivity index (χ3n) is 11.5. The first-order valence-electron chi connectivity index (χ1n) is 26.3. The van der Waals surface area contributed by atoms with Crippen molar-refractivity contribution in [3.63, 3.8) is 0 Å². The molecule has 0 heterocycles.